The van der Waals surface area contributed by atoms with Crippen LogP contribution in [0.4, 0.5) is 10.2 Å². The smallest absolute Gasteiger partial charge is 0.309 e. The standard InChI is InChI=1S/C15H17ClFN3O3/c1-19-12(21)7-10(14(22)23)15(19)2-4-20(5-3-15)13-11(17)6-9(16)8-18-13/h6,8,10H,2-5,7H2,1H3,(H,22,23)/t10-/m0/s1. The van der Waals surface area contributed by atoms with E-state index >= 15 is 0 Å². The molecular formula is C15H17ClFN3O3. The van der Waals surface area contributed by atoms with E-state index in [2.05, 4.69) is 4.98 Å². The Morgan fingerprint density at radius 1 is 1.48 bits per heavy atom. The minimum atomic E-state index is -0.952. The molecule has 1 aromatic heterocycles. The number of piperidine rings is 1. The van der Waals surface area contributed by atoms with Crippen LogP contribution in [0.5, 0.6) is 0 Å². The highest BCUT2D eigenvalue weighted by molar-refractivity contribution is 6.30. The fourth-order valence-corrected chi connectivity index (χ4v) is 3.88. The quantitative estimate of drug-likeness (QED) is 0.887. The van der Waals surface area contributed by atoms with Crippen molar-refractivity contribution in [3.63, 3.8) is 0 Å². The minimum Gasteiger partial charge on any atom is -0.481 e. The highest BCUT2D eigenvalue weighted by Crippen LogP contribution is 2.43. The van der Waals surface area contributed by atoms with Crippen LogP contribution in [-0.4, -0.2) is 52.5 Å². The Bertz CT molecular complexity index is 661. The van der Waals surface area contributed by atoms with Crippen molar-refractivity contribution in [1.29, 1.82) is 0 Å². The molecule has 3 heterocycles. The number of hydrogen-bond acceptors (Lipinski definition) is 4. The monoisotopic (exact) mass is 341 g/mol. The van der Waals surface area contributed by atoms with Crippen molar-refractivity contribution >= 4 is 29.3 Å². The normalized spacial score (nSPS) is 23.6. The fraction of sp³-hybridized carbons (Fsp3) is 0.533. The SMILES string of the molecule is CN1C(=O)C[C@@H](C(=O)O)C12CCN(c1ncc(Cl)cc1F)CC2. The molecular weight excluding hydrogens is 325 g/mol. The summed E-state index contributed by atoms with van der Waals surface area (Å²) in [7, 11) is 1.65. The molecule has 0 radical (unpaired) electrons. The number of halogens is 2. The van der Waals surface area contributed by atoms with Gasteiger partial charge in [-0.05, 0) is 18.9 Å². The van der Waals surface area contributed by atoms with E-state index in [-0.39, 0.29) is 23.2 Å². The van der Waals surface area contributed by atoms with Crippen LogP contribution >= 0.6 is 11.6 Å². The molecule has 1 N–H and O–H groups in total. The molecule has 0 aliphatic carbocycles. The second-order valence-electron chi connectivity index (χ2n) is 6.10. The lowest BCUT2D eigenvalue weighted by Crippen LogP contribution is -2.56. The molecule has 0 saturated carbocycles. The molecule has 3 rings (SSSR count). The Kier molecular flexibility index (Phi) is 3.91. The molecule has 2 fully saturated rings. The molecule has 1 spiro atoms. The molecule has 0 bridgehead atoms. The molecule has 2 aliphatic rings. The summed E-state index contributed by atoms with van der Waals surface area (Å²) < 4.78 is 14.0. The van der Waals surface area contributed by atoms with Crippen molar-refractivity contribution < 1.29 is 19.1 Å². The maximum Gasteiger partial charge on any atom is 0.309 e. The molecule has 8 heteroatoms. The highest BCUT2D eigenvalue weighted by Gasteiger charge is 2.55. The van der Waals surface area contributed by atoms with Gasteiger partial charge in [-0.3, -0.25) is 9.59 Å². The predicted molar refractivity (Wildman–Crippen MR) is 81.9 cm³/mol. The van der Waals surface area contributed by atoms with E-state index in [4.69, 9.17) is 11.6 Å². The van der Waals surface area contributed by atoms with Gasteiger partial charge in [0.2, 0.25) is 5.91 Å². The van der Waals surface area contributed by atoms with E-state index in [1.807, 2.05) is 0 Å². The summed E-state index contributed by atoms with van der Waals surface area (Å²) in [5.41, 5.74) is -0.692. The van der Waals surface area contributed by atoms with Crippen molar-refractivity contribution in [1.82, 2.24) is 9.88 Å². The van der Waals surface area contributed by atoms with Crippen LogP contribution in [0, 0.1) is 11.7 Å². The number of hydrogen-bond donors (Lipinski definition) is 1. The number of amides is 1. The third kappa shape index (κ3) is 2.52. The van der Waals surface area contributed by atoms with Crippen molar-refractivity contribution in [3.05, 3.63) is 23.1 Å². The van der Waals surface area contributed by atoms with Crippen molar-refractivity contribution in [2.45, 2.75) is 24.8 Å². The number of likely N-dealkylation sites (tertiary alicyclic amines) is 1. The number of carboxylic acid groups (broad SMARTS) is 1. The second-order valence-corrected chi connectivity index (χ2v) is 6.53. The first-order valence-corrected chi connectivity index (χ1v) is 7.78. The van der Waals surface area contributed by atoms with Gasteiger partial charge in [0.05, 0.1) is 16.5 Å². The van der Waals surface area contributed by atoms with Crippen LogP contribution in [0.2, 0.25) is 5.02 Å². The lowest BCUT2D eigenvalue weighted by atomic mass is 9.77. The Hall–Kier alpha value is -1.89. The van der Waals surface area contributed by atoms with Gasteiger partial charge in [-0.25, -0.2) is 9.37 Å². The number of carbonyl (C=O) groups excluding carboxylic acids is 1. The average molecular weight is 342 g/mol. The Morgan fingerprint density at radius 3 is 2.70 bits per heavy atom. The summed E-state index contributed by atoms with van der Waals surface area (Å²) >= 11 is 5.71. The number of carboxylic acids is 1. The molecule has 2 saturated heterocycles. The van der Waals surface area contributed by atoms with Crippen LogP contribution in [0.1, 0.15) is 19.3 Å². The lowest BCUT2D eigenvalue weighted by Gasteiger charge is -2.45. The molecule has 2 aliphatic heterocycles. The number of pyridine rings is 1. The van der Waals surface area contributed by atoms with E-state index in [1.165, 1.54) is 12.3 Å². The molecule has 1 atom stereocenters. The number of aliphatic carboxylic acids is 1. The summed E-state index contributed by atoms with van der Waals surface area (Å²) in [5, 5.41) is 9.67. The summed E-state index contributed by atoms with van der Waals surface area (Å²) in [5.74, 6) is -2.11. The van der Waals surface area contributed by atoms with Gasteiger partial charge in [-0.15, -0.1) is 0 Å². The van der Waals surface area contributed by atoms with Gasteiger partial charge in [0.25, 0.3) is 0 Å². The van der Waals surface area contributed by atoms with E-state index in [0.717, 1.165) is 0 Å². The van der Waals surface area contributed by atoms with Gasteiger partial charge in [0, 0.05) is 32.8 Å². The van der Waals surface area contributed by atoms with Crippen LogP contribution in [0.3, 0.4) is 0 Å². The van der Waals surface area contributed by atoms with E-state index in [0.29, 0.717) is 25.9 Å². The Labute approximate surface area is 137 Å². The zero-order chi connectivity index (χ0) is 16.8. The summed E-state index contributed by atoms with van der Waals surface area (Å²) in [4.78, 5) is 30.9. The third-order valence-electron chi connectivity index (χ3n) is 5.08. The Balaban J connectivity index is 1.82. The van der Waals surface area contributed by atoms with Gasteiger partial charge in [-0.1, -0.05) is 11.6 Å². The van der Waals surface area contributed by atoms with Crippen molar-refractivity contribution in [2.75, 3.05) is 25.0 Å². The van der Waals surface area contributed by atoms with Crippen LogP contribution in [-0.2, 0) is 9.59 Å². The maximum absolute atomic E-state index is 14.0. The van der Waals surface area contributed by atoms with Crippen LogP contribution in [0.15, 0.2) is 12.3 Å². The zero-order valence-electron chi connectivity index (χ0n) is 12.6. The lowest BCUT2D eigenvalue weighted by molar-refractivity contribution is -0.145. The minimum absolute atomic E-state index is 0.0272. The third-order valence-corrected chi connectivity index (χ3v) is 5.29. The molecule has 1 aromatic rings. The van der Waals surface area contributed by atoms with Gasteiger partial charge >= 0.3 is 5.97 Å². The predicted octanol–water partition coefficient (Wildman–Crippen LogP) is 1.78. The first kappa shape index (κ1) is 16.0. The van der Waals surface area contributed by atoms with E-state index in [1.54, 1.807) is 16.8 Å². The van der Waals surface area contributed by atoms with Gasteiger partial charge in [0.1, 0.15) is 0 Å². The summed E-state index contributed by atoms with van der Waals surface area (Å²) in [6, 6.07) is 1.21. The number of aromatic nitrogens is 1. The second kappa shape index (κ2) is 5.63. The number of rotatable bonds is 2. The largest absolute Gasteiger partial charge is 0.481 e. The molecule has 0 aromatic carbocycles. The fourth-order valence-electron chi connectivity index (χ4n) is 3.73. The molecule has 1 amide bonds. The highest BCUT2D eigenvalue weighted by atomic mass is 35.5. The van der Waals surface area contributed by atoms with Crippen LogP contribution in [0.25, 0.3) is 0 Å². The van der Waals surface area contributed by atoms with Crippen molar-refractivity contribution in [3.8, 4) is 0 Å². The molecule has 0 unspecified atom stereocenters. The van der Waals surface area contributed by atoms with Gasteiger partial charge in [-0.2, -0.15) is 0 Å². The summed E-state index contributed by atoms with van der Waals surface area (Å²) in [6.07, 6.45) is 2.35. The summed E-state index contributed by atoms with van der Waals surface area (Å²) in [6.45, 7) is 0.875. The number of carbonyl (C=O) groups is 2. The van der Waals surface area contributed by atoms with E-state index < -0.39 is 23.2 Å². The number of anilines is 1. The Morgan fingerprint density at radius 2 is 2.13 bits per heavy atom. The molecule has 124 valence electrons. The molecule has 23 heavy (non-hydrogen) atoms. The van der Waals surface area contributed by atoms with Gasteiger partial charge < -0.3 is 14.9 Å². The zero-order valence-corrected chi connectivity index (χ0v) is 13.4. The van der Waals surface area contributed by atoms with Crippen LogP contribution < -0.4 is 4.90 Å². The van der Waals surface area contributed by atoms with Crippen molar-refractivity contribution in [2.24, 2.45) is 5.92 Å². The molecule has 6 nitrogen and oxygen atoms in total. The average Bonchev–Trinajstić information content (AvgIpc) is 2.74. The first-order chi connectivity index (χ1) is 10.8. The topological polar surface area (TPSA) is 73.7 Å². The van der Waals surface area contributed by atoms with Gasteiger partial charge in [0.15, 0.2) is 11.6 Å². The number of nitrogens with zero attached hydrogens (tertiary/aromatic N) is 3. The maximum atomic E-state index is 14.0. The first-order valence-electron chi connectivity index (χ1n) is 7.40. The van der Waals surface area contributed by atoms with E-state index in [9.17, 15) is 19.1 Å².